The van der Waals surface area contributed by atoms with Crippen LogP contribution >= 0.6 is 0 Å². The van der Waals surface area contributed by atoms with E-state index in [9.17, 15) is 4.79 Å². The Morgan fingerprint density at radius 1 is 1.47 bits per heavy atom. The lowest BCUT2D eigenvalue weighted by atomic mass is 10.3. The third kappa shape index (κ3) is 6.35. The largest absolute Gasteiger partial charge is 0.395 e. The predicted molar refractivity (Wildman–Crippen MR) is 72.9 cm³/mol. The molecular formula is C13H23N3O3. The molecule has 1 heterocycles. The average molecular weight is 269 g/mol. The Labute approximate surface area is 113 Å². The third-order valence-electron chi connectivity index (χ3n) is 2.79. The zero-order chi connectivity index (χ0) is 14.1. The maximum atomic E-state index is 11.7. The van der Waals surface area contributed by atoms with Crippen LogP contribution in [0.25, 0.3) is 0 Å². The predicted octanol–water partition coefficient (Wildman–Crippen LogP) is 1.41. The number of carbonyl (C=O) groups is 1. The van der Waals surface area contributed by atoms with Crippen molar-refractivity contribution >= 4 is 11.7 Å². The van der Waals surface area contributed by atoms with Crippen LogP contribution in [0.3, 0.4) is 0 Å². The van der Waals surface area contributed by atoms with E-state index in [1.165, 1.54) is 0 Å². The molecule has 0 radical (unpaired) electrons. The van der Waals surface area contributed by atoms with Crippen molar-refractivity contribution in [3.8, 4) is 0 Å². The fourth-order valence-electron chi connectivity index (χ4n) is 1.75. The molecule has 19 heavy (non-hydrogen) atoms. The van der Waals surface area contributed by atoms with Gasteiger partial charge in [0, 0.05) is 25.6 Å². The molecule has 6 heteroatoms. The Kier molecular flexibility index (Phi) is 7.14. The minimum Gasteiger partial charge on any atom is -0.395 e. The van der Waals surface area contributed by atoms with Crippen LogP contribution in [0.4, 0.5) is 5.82 Å². The van der Waals surface area contributed by atoms with Crippen LogP contribution in [-0.2, 0) is 4.79 Å². The minimum absolute atomic E-state index is 0.0901. The number of amides is 1. The van der Waals surface area contributed by atoms with Gasteiger partial charge in [0.2, 0.25) is 5.91 Å². The number of carbonyl (C=O) groups excluding carboxylic acids is 1. The summed E-state index contributed by atoms with van der Waals surface area (Å²) in [5, 5.41) is 15.4. The van der Waals surface area contributed by atoms with E-state index >= 15 is 0 Å². The van der Waals surface area contributed by atoms with Crippen LogP contribution in [0.5, 0.6) is 0 Å². The van der Waals surface area contributed by atoms with Gasteiger partial charge in [-0.2, -0.15) is 0 Å². The van der Waals surface area contributed by atoms with Gasteiger partial charge in [0.05, 0.1) is 6.61 Å². The molecule has 0 fully saturated rings. The van der Waals surface area contributed by atoms with Crippen LogP contribution in [0.15, 0.2) is 10.6 Å². The fraction of sp³-hybridized carbons (Fsp3) is 0.692. The van der Waals surface area contributed by atoms with Gasteiger partial charge in [0.25, 0.3) is 0 Å². The molecule has 1 aromatic rings. The van der Waals surface area contributed by atoms with Gasteiger partial charge in [-0.15, -0.1) is 0 Å². The fourth-order valence-corrected chi connectivity index (χ4v) is 1.75. The molecule has 0 spiro atoms. The first-order chi connectivity index (χ1) is 9.15. The summed E-state index contributed by atoms with van der Waals surface area (Å²) in [6, 6.07) is 1.68. The highest BCUT2D eigenvalue weighted by Gasteiger charge is 2.09. The van der Waals surface area contributed by atoms with E-state index in [-0.39, 0.29) is 12.5 Å². The van der Waals surface area contributed by atoms with Crippen LogP contribution in [0.2, 0.25) is 0 Å². The lowest BCUT2D eigenvalue weighted by molar-refractivity contribution is -0.116. The molecule has 0 saturated carbocycles. The van der Waals surface area contributed by atoms with Gasteiger partial charge < -0.3 is 19.8 Å². The lowest BCUT2D eigenvalue weighted by Gasteiger charge is -2.20. The molecule has 0 unspecified atom stereocenters. The Hall–Kier alpha value is -1.40. The number of hydrogen-bond acceptors (Lipinski definition) is 5. The Morgan fingerprint density at radius 2 is 2.26 bits per heavy atom. The summed E-state index contributed by atoms with van der Waals surface area (Å²) in [5.41, 5.74) is 0. The van der Waals surface area contributed by atoms with Crippen molar-refractivity contribution in [3.05, 3.63) is 11.8 Å². The number of anilines is 1. The summed E-state index contributed by atoms with van der Waals surface area (Å²) in [6.45, 7) is 6.17. The molecule has 0 saturated heterocycles. The highest BCUT2D eigenvalue weighted by atomic mass is 16.5. The molecule has 6 nitrogen and oxygen atoms in total. The summed E-state index contributed by atoms with van der Waals surface area (Å²) < 4.78 is 4.87. The first-order valence-corrected chi connectivity index (χ1v) is 6.72. The second-order valence-corrected chi connectivity index (χ2v) is 4.54. The molecule has 1 aromatic heterocycles. The molecule has 1 rings (SSSR count). The van der Waals surface area contributed by atoms with Gasteiger partial charge >= 0.3 is 0 Å². The van der Waals surface area contributed by atoms with Crippen LogP contribution in [0, 0.1) is 6.92 Å². The second kappa shape index (κ2) is 8.66. The summed E-state index contributed by atoms with van der Waals surface area (Å²) in [6.07, 6.45) is 2.56. The highest BCUT2D eigenvalue weighted by molar-refractivity contribution is 5.89. The molecule has 0 atom stereocenters. The number of nitrogens with one attached hydrogen (secondary N) is 1. The number of aryl methyl sites for hydroxylation is 1. The summed E-state index contributed by atoms with van der Waals surface area (Å²) in [4.78, 5) is 13.8. The van der Waals surface area contributed by atoms with E-state index in [0.29, 0.717) is 31.1 Å². The monoisotopic (exact) mass is 269 g/mol. The molecule has 0 aliphatic heterocycles. The maximum Gasteiger partial charge on any atom is 0.226 e. The first-order valence-electron chi connectivity index (χ1n) is 6.72. The molecular weight excluding hydrogens is 246 g/mol. The van der Waals surface area contributed by atoms with Gasteiger partial charge in [0.15, 0.2) is 5.82 Å². The quantitative estimate of drug-likeness (QED) is 0.708. The van der Waals surface area contributed by atoms with Crippen LogP contribution in [-0.4, -0.2) is 47.3 Å². The number of rotatable bonds is 9. The van der Waals surface area contributed by atoms with Gasteiger partial charge in [-0.3, -0.25) is 4.79 Å². The smallest absolute Gasteiger partial charge is 0.226 e. The number of nitrogens with zero attached hydrogens (tertiary/aromatic N) is 2. The number of unbranched alkanes of at least 4 members (excludes halogenated alkanes) is 1. The molecule has 0 bridgehead atoms. The molecule has 108 valence electrons. The van der Waals surface area contributed by atoms with Gasteiger partial charge in [-0.25, -0.2) is 0 Å². The van der Waals surface area contributed by atoms with Crippen molar-refractivity contribution in [2.24, 2.45) is 0 Å². The number of aliphatic hydroxyl groups is 1. The average Bonchev–Trinajstić information content (AvgIpc) is 2.78. The van der Waals surface area contributed by atoms with E-state index in [1.807, 2.05) is 0 Å². The van der Waals surface area contributed by atoms with Crippen molar-refractivity contribution in [1.82, 2.24) is 10.1 Å². The van der Waals surface area contributed by atoms with E-state index in [2.05, 4.69) is 22.3 Å². The molecule has 0 aliphatic carbocycles. The minimum atomic E-state index is -0.0901. The number of aromatic nitrogens is 1. The van der Waals surface area contributed by atoms with Crippen LogP contribution < -0.4 is 5.32 Å². The van der Waals surface area contributed by atoms with E-state index < -0.39 is 0 Å². The summed E-state index contributed by atoms with van der Waals surface area (Å²) >= 11 is 0. The molecule has 1 amide bonds. The topological polar surface area (TPSA) is 78.6 Å². The van der Waals surface area contributed by atoms with E-state index in [1.54, 1.807) is 13.0 Å². The SMILES string of the molecule is CCCCN(CCO)CCC(=O)Nc1cc(C)on1. The van der Waals surface area contributed by atoms with E-state index in [0.717, 1.165) is 19.4 Å². The Bertz CT molecular complexity index is 379. The maximum absolute atomic E-state index is 11.7. The van der Waals surface area contributed by atoms with Crippen molar-refractivity contribution < 1.29 is 14.4 Å². The van der Waals surface area contributed by atoms with Crippen molar-refractivity contribution in [2.75, 3.05) is 31.6 Å². The normalized spacial score (nSPS) is 10.9. The van der Waals surface area contributed by atoms with Gasteiger partial charge in [-0.1, -0.05) is 18.5 Å². The van der Waals surface area contributed by atoms with Gasteiger partial charge in [-0.05, 0) is 19.9 Å². The van der Waals surface area contributed by atoms with Crippen molar-refractivity contribution in [1.29, 1.82) is 0 Å². The molecule has 0 aromatic carbocycles. The first kappa shape index (κ1) is 15.7. The van der Waals surface area contributed by atoms with Crippen LogP contribution in [0.1, 0.15) is 31.9 Å². The molecule has 0 aliphatic rings. The third-order valence-corrected chi connectivity index (χ3v) is 2.79. The Morgan fingerprint density at radius 3 is 2.84 bits per heavy atom. The van der Waals surface area contributed by atoms with Crippen molar-refractivity contribution in [3.63, 3.8) is 0 Å². The molecule has 2 N–H and O–H groups in total. The zero-order valence-electron chi connectivity index (χ0n) is 11.7. The summed E-state index contributed by atoms with van der Waals surface area (Å²) in [7, 11) is 0. The number of hydrogen-bond donors (Lipinski definition) is 2. The Balaban J connectivity index is 2.30. The number of aliphatic hydroxyl groups excluding tert-OH is 1. The highest BCUT2D eigenvalue weighted by Crippen LogP contribution is 2.07. The van der Waals surface area contributed by atoms with E-state index in [4.69, 9.17) is 9.63 Å². The second-order valence-electron chi connectivity index (χ2n) is 4.54. The standard InChI is InChI=1S/C13H23N3O3/c1-3-4-6-16(8-9-17)7-5-13(18)14-12-10-11(2)19-15-12/h10,17H,3-9H2,1-2H3,(H,14,15,18). The lowest BCUT2D eigenvalue weighted by Crippen LogP contribution is -2.31. The zero-order valence-corrected chi connectivity index (χ0v) is 11.7. The van der Waals surface area contributed by atoms with Crippen molar-refractivity contribution in [2.45, 2.75) is 33.1 Å². The van der Waals surface area contributed by atoms with Gasteiger partial charge in [0.1, 0.15) is 5.76 Å². The summed E-state index contributed by atoms with van der Waals surface area (Å²) in [5.74, 6) is 1.03.